The first-order valence-electron chi connectivity index (χ1n) is 14.2. The van der Waals surface area contributed by atoms with E-state index in [4.69, 9.17) is 0 Å². The standard InChI is InChI=1S/C29H56/c1-5-25-21-26(6-2)29(22-25)23-27(7-3)28-19-14-12-10-8-9-11-13-17-24(4)18-15-16-20-28/h24-29H,5-23H2,1-4H3. The monoisotopic (exact) mass is 404 g/mol. The highest BCUT2D eigenvalue weighted by atomic mass is 14.4. The molecule has 2 rings (SSSR count). The molecule has 172 valence electrons. The lowest BCUT2D eigenvalue weighted by Crippen LogP contribution is -2.20. The van der Waals surface area contributed by atoms with Gasteiger partial charge in [0.25, 0.3) is 0 Å². The van der Waals surface area contributed by atoms with Crippen molar-refractivity contribution in [3.05, 3.63) is 0 Å². The molecule has 0 saturated heterocycles. The van der Waals surface area contributed by atoms with Crippen LogP contribution in [0.25, 0.3) is 0 Å². The summed E-state index contributed by atoms with van der Waals surface area (Å²) >= 11 is 0. The second-order valence-electron chi connectivity index (χ2n) is 11.3. The van der Waals surface area contributed by atoms with Crippen molar-refractivity contribution in [2.45, 2.75) is 150 Å². The third-order valence-electron chi connectivity index (χ3n) is 9.13. The van der Waals surface area contributed by atoms with Gasteiger partial charge in [0.05, 0.1) is 0 Å². The highest BCUT2D eigenvalue weighted by Crippen LogP contribution is 2.45. The van der Waals surface area contributed by atoms with Gasteiger partial charge in [0.15, 0.2) is 0 Å². The Hall–Kier alpha value is 0. The van der Waals surface area contributed by atoms with Gasteiger partial charge < -0.3 is 0 Å². The number of hydrogen-bond donors (Lipinski definition) is 0. The first kappa shape index (κ1) is 25.3. The summed E-state index contributed by atoms with van der Waals surface area (Å²) in [5, 5.41) is 0. The van der Waals surface area contributed by atoms with E-state index in [-0.39, 0.29) is 0 Å². The first-order valence-corrected chi connectivity index (χ1v) is 14.2. The Kier molecular flexibility index (Phi) is 13.0. The molecule has 0 aliphatic heterocycles. The van der Waals surface area contributed by atoms with Gasteiger partial charge in [-0.1, -0.05) is 130 Å². The number of rotatable bonds is 6. The van der Waals surface area contributed by atoms with Crippen molar-refractivity contribution in [1.82, 2.24) is 0 Å². The van der Waals surface area contributed by atoms with E-state index < -0.39 is 0 Å². The van der Waals surface area contributed by atoms with Gasteiger partial charge in [0.1, 0.15) is 0 Å². The van der Waals surface area contributed by atoms with E-state index in [1.54, 1.807) is 12.8 Å². The van der Waals surface area contributed by atoms with Crippen molar-refractivity contribution in [2.75, 3.05) is 0 Å². The van der Waals surface area contributed by atoms with E-state index in [2.05, 4.69) is 27.7 Å². The van der Waals surface area contributed by atoms with Gasteiger partial charge in [-0.3, -0.25) is 0 Å². The molecule has 0 radical (unpaired) electrons. The molecule has 0 heteroatoms. The van der Waals surface area contributed by atoms with Crippen LogP contribution in [0.4, 0.5) is 0 Å². The summed E-state index contributed by atoms with van der Waals surface area (Å²) in [6.07, 6.45) is 28.5. The maximum Gasteiger partial charge on any atom is -0.0380 e. The molecule has 6 unspecified atom stereocenters. The molecule has 6 atom stereocenters. The van der Waals surface area contributed by atoms with Crippen LogP contribution in [0.3, 0.4) is 0 Å². The Bertz CT molecular complexity index is 385. The fourth-order valence-corrected chi connectivity index (χ4v) is 6.98. The van der Waals surface area contributed by atoms with Gasteiger partial charge in [-0.15, -0.1) is 0 Å². The van der Waals surface area contributed by atoms with Crippen LogP contribution in [-0.2, 0) is 0 Å². The second-order valence-corrected chi connectivity index (χ2v) is 11.3. The summed E-state index contributed by atoms with van der Waals surface area (Å²) in [4.78, 5) is 0. The lowest BCUT2D eigenvalue weighted by atomic mass is 9.75. The van der Waals surface area contributed by atoms with Gasteiger partial charge in [-0.05, 0) is 54.8 Å². The molecule has 2 aliphatic carbocycles. The maximum absolute atomic E-state index is 2.51. The third-order valence-corrected chi connectivity index (χ3v) is 9.13. The smallest absolute Gasteiger partial charge is 0.0380 e. The minimum Gasteiger partial charge on any atom is -0.0651 e. The van der Waals surface area contributed by atoms with E-state index in [0.717, 1.165) is 35.5 Å². The molecule has 0 aromatic rings. The molecule has 0 heterocycles. The summed E-state index contributed by atoms with van der Waals surface area (Å²) in [6, 6.07) is 0. The summed E-state index contributed by atoms with van der Waals surface area (Å²) in [7, 11) is 0. The fraction of sp³-hybridized carbons (Fsp3) is 1.00. The predicted octanol–water partition coefficient (Wildman–Crippen LogP) is 10.2. The molecule has 2 saturated carbocycles. The Morgan fingerprint density at radius 1 is 0.621 bits per heavy atom. The summed E-state index contributed by atoms with van der Waals surface area (Å²) in [6.45, 7) is 9.91. The summed E-state index contributed by atoms with van der Waals surface area (Å²) in [5.41, 5.74) is 0. The lowest BCUT2D eigenvalue weighted by molar-refractivity contribution is 0.200. The average Bonchev–Trinajstić information content (AvgIpc) is 3.13. The quantitative estimate of drug-likeness (QED) is 0.413. The molecule has 0 bridgehead atoms. The highest BCUT2D eigenvalue weighted by molar-refractivity contribution is 4.85. The summed E-state index contributed by atoms with van der Waals surface area (Å²) in [5.74, 6) is 6.13. The van der Waals surface area contributed by atoms with Crippen molar-refractivity contribution in [1.29, 1.82) is 0 Å². The maximum atomic E-state index is 2.51. The SMILES string of the molecule is CCC1CC(CC)C(CC(CC)C2CCCCCCCCCC(C)CCCC2)C1. The zero-order chi connectivity index (χ0) is 20.9. The van der Waals surface area contributed by atoms with Crippen molar-refractivity contribution in [3.8, 4) is 0 Å². The molecule has 0 N–H and O–H groups in total. The van der Waals surface area contributed by atoms with Gasteiger partial charge in [-0.2, -0.15) is 0 Å². The average molecular weight is 405 g/mol. The van der Waals surface area contributed by atoms with Crippen LogP contribution >= 0.6 is 0 Å². The Morgan fingerprint density at radius 2 is 1.14 bits per heavy atom. The minimum absolute atomic E-state index is 0.968. The topological polar surface area (TPSA) is 0 Å². The Labute approximate surface area is 185 Å². The van der Waals surface area contributed by atoms with Crippen LogP contribution in [0.5, 0.6) is 0 Å². The lowest BCUT2D eigenvalue weighted by Gasteiger charge is -2.31. The van der Waals surface area contributed by atoms with Crippen molar-refractivity contribution in [2.24, 2.45) is 35.5 Å². The van der Waals surface area contributed by atoms with Crippen LogP contribution < -0.4 is 0 Å². The van der Waals surface area contributed by atoms with Crippen LogP contribution in [0.2, 0.25) is 0 Å². The molecular weight excluding hydrogens is 348 g/mol. The highest BCUT2D eigenvalue weighted by Gasteiger charge is 2.34. The first-order chi connectivity index (χ1) is 14.2. The predicted molar refractivity (Wildman–Crippen MR) is 131 cm³/mol. The second kappa shape index (κ2) is 14.9. The largest absolute Gasteiger partial charge is 0.0651 e. The minimum atomic E-state index is 0.968. The molecule has 29 heavy (non-hydrogen) atoms. The van der Waals surface area contributed by atoms with Crippen LogP contribution in [0.15, 0.2) is 0 Å². The normalized spacial score (nSPS) is 35.0. The Morgan fingerprint density at radius 3 is 1.72 bits per heavy atom. The fourth-order valence-electron chi connectivity index (χ4n) is 6.98. The van der Waals surface area contributed by atoms with E-state index in [1.807, 2.05) is 0 Å². The molecule has 0 aromatic heterocycles. The van der Waals surface area contributed by atoms with Crippen LogP contribution in [0, 0.1) is 35.5 Å². The molecule has 2 fully saturated rings. The van der Waals surface area contributed by atoms with Crippen molar-refractivity contribution >= 4 is 0 Å². The van der Waals surface area contributed by atoms with Crippen LogP contribution in [0.1, 0.15) is 150 Å². The molecule has 0 spiro atoms. The molecular formula is C29H56. The zero-order valence-electron chi connectivity index (χ0n) is 20.9. The molecule has 0 nitrogen and oxygen atoms in total. The van der Waals surface area contributed by atoms with Crippen molar-refractivity contribution < 1.29 is 0 Å². The summed E-state index contributed by atoms with van der Waals surface area (Å²) < 4.78 is 0. The molecule has 0 amide bonds. The Balaban J connectivity index is 1.91. The van der Waals surface area contributed by atoms with Gasteiger partial charge in [0, 0.05) is 0 Å². The van der Waals surface area contributed by atoms with Gasteiger partial charge in [0.2, 0.25) is 0 Å². The third kappa shape index (κ3) is 9.35. The van der Waals surface area contributed by atoms with E-state index in [0.29, 0.717) is 0 Å². The zero-order valence-corrected chi connectivity index (χ0v) is 20.9. The van der Waals surface area contributed by atoms with E-state index in [9.17, 15) is 0 Å². The molecule has 2 aliphatic rings. The van der Waals surface area contributed by atoms with Crippen LogP contribution in [-0.4, -0.2) is 0 Å². The number of hydrogen-bond acceptors (Lipinski definition) is 0. The van der Waals surface area contributed by atoms with Gasteiger partial charge >= 0.3 is 0 Å². The van der Waals surface area contributed by atoms with E-state index in [1.165, 1.54) is 109 Å². The molecule has 0 aromatic carbocycles. The van der Waals surface area contributed by atoms with E-state index >= 15 is 0 Å². The van der Waals surface area contributed by atoms with Gasteiger partial charge in [-0.25, -0.2) is 0 Å². The van der Waals surface area contributed by atoms with Crippen molar-refractivity contribution in [3.63, 3.8) is 0 Å².